The van der Waals surface area contributed by atoms with E-state index in [4.69, 9.17) is 0 Å². The summed E-state index contributed by atoms with van der Waals surface area (Å²) >= 11 is 0. The Morgan fingerprint density at radius 2 is 1.88 bits per heavy atom. The molecule has 0 spiro atoms. The summed E-state index contributed by atoms with van der Waals surface area (Å²) in [6, 6.07) is 3.83. The molecule has 132 valence electrons. The van der Waals surface area contributed by atoms with E-state index in [0.29, 0.717) is 19.0 Å². The third-order valence-electron chi connectivity index (χ3n) is 3.90. The van der Waals surface area contributed by atoms with Gasteiger partial charge in [-0.1, -0.05) is 6.07 Å². The molecule has 1 aliphatic rings. The van der Waals surface area contributed by atoms with Gasteiger partial charge in [0.2, 0.25) is 5.91 Å². The average molecular weight is 338 g/mol. The lowest BCUT2D eigenvalue weighted by molar-refractivity contribution is -0.128. The normalized spacial score (nSPS) is 14.8. The summed E-state index contributed by atoms with van der Waals surface area (Å²) in [4.78, 5) is 18.1. The van der Waals surface area contributed by atoms with Crippen molar-refractivity contribution in [2.24, 2.45) is 4.99 Å². The van der Waals surface area contributed by atoms with E-state index in [1.54, 1.807) is 0 Å². The number of carbonyl (C=O) groups excluding carboxylic acids is 1. The zero-order valence-corrected chi connectivity index (χ0v) is 13.9. The molecule has 0 bridgehead atoms. The summed E-state index contributed by atoms with van der Waals surface area (Å²) in [5.74, 6) is -0.627. The Balaban J connectivity index is 1.86. The van der Waals surface area contributed by atoms with Gasteiger partial charge in [0, 0.05) is 31.7 Å². The zero-order valence-electron chi connectivity index (χ0n) is 13.9. The van der Waals surface area contributed by atoms with Crippen molar-refractivity contribution < 1.29 is 13.6 Å². The van der Waals surface area contributed by atoms with Crippen molar-refractivity contribution in [2.75, 3.05) is 32.7 Å². The molecular weight excluding hydrogens is 314 g/mol. The van der Waals surface area contributed by atoms with Gasteiger partial charge < -0.3 is 15.5 Å². The first kappa shape index (κ1) is 18.2. The fourth-order valence-corrected chi connectivity index (χ4v) is 2.63. The molecule has 0 atom stereocenters. The van der Waals surface area contributed by atoms with Gasteiger partial charge in [0.05, 0.1) is 0 Å². The molecule has 1 heterocycles. The number of benzene rings is 1. The molecule has 1 aromatic carbocycles. The summed E-state index contributed by atoms with van der Waals surface area (Å²) in [5.41, 5.74) is 0.0500. The molecule has 1 saturated heterocycles. The lowest BCUT2D eigenvalue weighted by atomic mass is 10.1. The van der Waals surface area contributed by atoms with Crippen molar-refractivity contribution in [1.29, 1.82) is 0 Å². The van der Waals surface area contributed by atoms with E-state index in [0.717, 1.165) is 25.9 Å². The molecular formula is C17H24F2N4O. The van der Waals surface area contributed by atoms with Gasteiger partial charge in [0.1, 0.15) is 18.2 Å². The van der Waals surface area contributed by atoms with Gasteiger partial charge in [0.25, 0.3) is 0 Å². The van der Waals surface area contributed by atoms with Crippen LogP contribution in [0.4, 0.5) is 8.78 Å². The Labute approximate surface area is 141 Å². The number of amides is 1. The third kappa shape index (κ3) is 5.18. The molecule has 0 aromatic heterocycles. The standard InChI is InChI=1S/C17H24F2N4O/c1-2-20-17(22-12-16(24)23-10-3-4-11-23)21-9-8-13-14(18)6-5-7-15(13)19/h5-7H,2-4,8-12H2,1H3,(H2,20,21,22). The number of guanidine groups is 1. The molecule has 1 aliphatic heterocycles. The zero-order chi connectivity index (χ0) is 17.4. The van der Waals surface area contributed by atoms with Crippen LogP contribution in [-0.2, 0) is 11.2 Å². The molecule has 1 amide bonds. The van der Waals surface area contributed by atoms with Crippen molar-refractivity contribution in [3.63, 3.8) is 0 Å². The van der Waals surface area contributed by atoms with Crippen LogP contribution in [0.5, 0.6) is 0 Å². The maximum Gasteiger partial charge on any atom is 0.244 e. The summed E-state index contributed by atoms with van der Waals surface area (Å²) in [6.07, 6.45) is 2.28. The Morgan fingerprint density at radius 3 is 2.50 bits per heavy atom. The highest BCUT2D eigenvalue weighted by atomic mass is 19.1. The van der Waals surface area contributed by atoms with Gasteiger partial charge in [-0.3, -0.25) is 4.79 Å². The monoisotopic (exact) mass is 338 g/mol. The number of aliphatic imine (C=N–C) groups is 1. The van der Waals surface area contributed by atoms with Gasteiger partial charge in [-0.05, 0) is 38.3 Å². The van der Waals surface area contributed by atoms with Crippen LogP contribution in [0, 0.1) is 11.6 Å². The Bertz CT molecular complexity index is 566. The van der Waals surface area contributed by atoms with Crippen LogP contribution < -0.4 is 10.6 Å². The molecule has 0 saturated carbocycles. The van der Waals surface area contributed by atoms with Crippen LogP contribution in [-0.4, -0.2) is 49.5 Å². The molecule has 2 rings (SSSR count). The number of carbonyl (C=O) groups is 1. The molecule has 24 heavy (non-hydrogen) atoms. The van der Waals surface area contributed by atoms with E-state index in [9.17, 15) is 13.6 Å². The number of hydrogen-bond donors (Lipinski definition) is 2. The quantitative estimate of drug-likeness (QED) is 0.613. The molecule has 0 unspecified atom stereocenters. The van der Waals surface area contributed by atoms with E-state index in [1.807, 2.05) is 11.8 Å². The highest BCUT2D eigenvalue weighted by Gasteiger charge is 2.17. The molecule has 7 heteroatoms. The average Bonchev–Trinajstić information content (AvgIpc) is 3.09. The number of hydrogen-bond acceptors (Lipinski definition) is 2. The minimum Gasteiger partial charge on any atom is -0.357 e. The minimum absolute atomic E-state index is 0.00449. The van der Waals surface area contributed by atoms with Gasteiger partial charge in [-0.25, -0.2) is 13.8 Å². The third-order valence-corrected chi connectivity index (χ3v) is 3.90. The first-order chi connectivity index (χ1) is 11.6. The summed E-state index contributed by atoms with van der Waals surface area (Å²) < 4.78 is 27.2. The van der Waals surface area contributed by atoms with Crippen molar-refractivity contribution >= 4 is 11.9 Å². The summed E-state index contributed by atoms with van der Waals surface area (Å²) in [5, 5.41) is 6.03. The van der Waals surface area contributed by atoms with Gasteiger partial charge in [-0.15, -0.1) is 0 Å². The maximum atomic E-state index is 13.6. The molecule has 0 radical (unpaired) electrons. The van der Waals surface area contributed by atoms with E-state index >= 15 is 0 Å². The van der Waals surface area contributed by atoms with E-state index < -0.39 is 11.6 Å². The van der Waals surface area contributed by atoms with Crippen molar-refractivity contribution in [3.05, 3.63) is 35.4 Å². The van der Waals surface area contributed by atoms with Crippen LogP contribution >= 0.6 is 0 Å². The predicted octanol–water partition coefficient (Wildman–Crippen LogP) is 1.68. The number of likely N-dealkylation sites (tertiary alicyclic amines) is 1. The Kier molecular flexibility index (Phi) is 6.96. The molecule has 5 nitrogen and oxygen atoms in total. The fraction of sp³-hybridized carbons (Fsp3) is 0.529. The van der Waals surface area contributed by atoms with Crippen LogP contribution in [0.25, 0.3) is 0 Å². The second kappa shape index (κ2) is 9.20. The second-order valence-corrected chi connectivity index (χ2v) is 5.66. The maximum absolute atomic E-state index is 13.6. The molecule has 1 fully saturated rings. The molecule has 2 N–H and O–H groups in total. The van der Waals surface area contributed by atoms with Crippen molar-refractivity contribution in [3.8, 4) is 0 Å². The van der Waals surface area contributed by atoms with Crippen LogP contribution in [0.2, 0.25) is 0 Å². The Hall–Kier alpha value is -2.18. The topological polar surface area (TPSA) is 56.7 Å². The first-order valence-electron chi connectivity index (χ1n) is 8.34. The van der Waals surface area contributed by atoms with E-state index in [2.05, 4.69) is 15.6 Å². The fourth-order valence-electron chi connectivity index (χ4n) is 2.63. The number of halogens is 2. The van der Waals surface area contributed by atoms with E-state index in [1.165, 1.54) is 18.2 Å². The SMILES string of the molecule is CCNC(=NCC(=O)N1CCCC1)NCCc1c(F)cccc1F. The number of nitrogens with one attached hydrogen (secondary N) is 2. The van der Waals surface area contributed by atoms with Crippen LogP contribution in [0.3, 0.4) is 0 Å². The summed E-state index contributed by atoms with van der Waals surface area (Å²) in [7, 11) is 0. The molecule has 1 aromatic rings. The van der Waals surface area contributed by atoms with Crippen LogP contribution in [0.1, 0.15) is 25.3 Å². The summed E-state index contributed by atoms with van der Waals surface area (Å²) in [6.45, 7) is 4.54. The van der Waals surface area contributed by atoms with Gasteiger partial charge >= 0.3 is 0 Å². The lowest BCUT2D eigenvalue weighted by Gasteiger charge is -2.15. The van der Waals surface area contributed by atoms with Gasteiger partial charge in [0.15, 0.2) is 5.96 Å². The van der Waals surface area contributed by atoms with Crippen molar-refractivity contribution in [1.82, 2.24) is 15.5 Å². The molecule has 0 aliphatic carbocycles. The Morgan fingerprint density at radius 1 is 1.21 bits per heavy atom. The second-order valence-electron chi connectivity index (χ2n) is 5.66. The smallest absolute Gasteiger partial charge is 0.244 e. The van der Waals surface area contributed by atoms with Crippen molar-refractivity contribution in [2.45, 2.75) is 26.2 Å². The van der Waals surface area contributed by atoms with Gasteiger partial charge in [-0.2, -0.15) is 0 Å². The minimum atomic E-state index is -0.553. The van der Waals surface area contributed by atoms with Crippen LogP contribution in [0.15, 0.2) is 23.2 Å². The first-order valence-corrected chi connectivity index (χ1v) is 8.34. The highest BCUT2D eigenvalue weighted by molar-refractivity contribution is 5.85. The number of nitrogens with zero attached hydrogens (tertiary/aromatic N) is 2. The number of rotatable bonds is 6. The van der Waals surface area contributed by atoms with E-state index in [-0.39, 0.29) is 24.4 Å². The largest absolute Gasteiger partial charge is 0.357 e. The lowest BCUT2D eigenvalue weighted by Crippen LogP contribution is -2.39. The highest BCUT2D eigenvalue weighted by Crippen LogP contribution is 2.12. The predicted molar refractivity (Wildman–Crippen MR) is 89.9 cm³/mol.